The summed E-state index contributed by atoms with van der Waals surface area (Å²) < 4.78 is 29.2. The lowest BCUT2D eigenvalue weighted by Crippen LogP contribution is -2.54. The first-order chi connectivity index (χ1) is 20.5. The summed E-state index contributed by atoms with van der Waals surface area (Å²) in [5.74, 6) is -0.811. The van der Waals surface area contributed by atoms with Crippen LogP contribution in [-0.4, -0.2) is 43.8 Å². The van der Waals surface area contributed by atoms with Gasteiger partial charge in [-0.1, -0.05) is 79.7 Å². The third-order valence-corrected chi connectivity index (χ3v) is 10.6. The van der Waals surface area contributed by atoms with E-state index in [4.69, 9.17) is 23.2 Å². The van der Waals surface area contributed by atoms with Crippen LogP contribution in [0.5, 0.6) is 0 Å². The Labute approximate surface area is 265 Å². The molecule has 0 aromatic heterocycles. The fraction of sp³-hybridized carbons (Fsp3) is 0.394. The molecule has 2 amide bonds. The van der Waals surface area contributed by atoms with Crippen molar-refractivity contribution >= 4 is 50.7 Å². The van der Waals surface area contributed by atoms with Gasteiger partial charge in [0.25, 0.3) is 10.0 Å². The van der Waals surface area contributed by atoms with Crippen molar-refractivity contribution in [3.63, 3.8) is 0 Å². The number of hydrogen-bond donors (Lipinski definition) is 1. The molecule has 0 aliphatic heterocycles. The van der Waals surface area contributed by atoms with Gasteiger partial charge in [-0.05, 0) is 80.6 Å². The molecule has 3 aromatic carbocycles. The summed E-state index contributed by atoms with van der Waals surface area (Å²) in [4.78, 5) is 29.5. The molecule has 0 spiro atoms. The normalized spacial score (nSPS) is 14.6. The fourth-order valence-electron chi connectivity index (χ4n) is 5.45. The van der Waals surface area contributed by atoms with Crippen LogP contribution in [0.2, 0.25) is 10.0 Å². The van der Waals surface area contributed by atoms with E-state index in [1.54, 1.807) is 48.5 Å². The highest BCUT2D eigenvalue weighted by Crippen LogP contribution is 2.30. The van der Waals surface area contributed by atoms with E-state index in [1.165, 1.54) is 17.0 Å². The molecule has 1 aliphatic rings. The molecule has 1 saturated carbocycles. The number of sulfonamides is 1. The van der Waals surface area contributed by atoms with Crippen LogP contribution in [0, 0.1) is 13.8 Å². The van der Waals surface area contributed by atoms with Gasteiger partial charge in [0, 0.05) is 28.2 Å². The Kier molecular flexibility index (Phi) is 11.2. The predicted octanol–water partition coefficient (Wildman–Crippen LogP) is 7.06. The Hall–Kier alpha value is -3.07. The van der Waals surface area contributed by atoms with Crippen LogP contribution in [0.1, 0.15) is 62.1 Å². The van der Waals surface area contributed by atoms with Crippen LogP contribution < -0.4 is 9.62 Å². The van der Waals surface area contributed by atoms with Gasteiger partial charge in [0.1, 0.15) is 12.6 Å². The summed E-state index contributed by atoms with van der Waals surface area (Å²) in [6.07, 6.45) is 5.33. The molecule has 4 rings (SSSR count). The van der Waals surface area contributed by atoms with Crippen LogP contribution >= 0.6 is 23.2 Å². The number of halogens is 2. The molecule has 1 aliphatic carbocycles. The third kappa shape index (κ3) is 7.91. The van der Waals surface area contributed by atoms with Crippen molar-refractivity contribution in [2.45, 2.75) is 82.8 Å². The van der Waals surface area contributed by atoms with Crippen molar-refractivity contribution in [1.82, 2.24) is 10.2 Å². The topological polar surface area (TPSA) is 86.8 Å². The monoisotopic (exact) mass is 643 g/mol. The number of aryl methyl sites for hydroxylation is 2. The Morgan fingerprint density at radius 2 is 1.56 bits per heavy atom. The average molecular weight is 645 g/mol. The molecule has 0 bridgehead atoms. The predicted molar refractivity (Wildman–Crippen MR) is 173 cm³/mol. The molecule has 10 heteroatoms. The molecule has 0 unspecified atom stereocenters. The standard InChI is InChI=1S/C33H39Cl2N3O4S/c1-4-31(33(40)36-25-12-7-5-8-13-25)37(21-28-29(34)16-11-17-30(28)35)32(39)22-38(26-19-18-23(2)24(3)20-26)43(41,42)27-14-9-6-10-15-27/h6,9-11,14-20,25,31H,4-5,7-8,12-13,21-22H2,1-3H3,(H,36,40)/t31-/m1/s1. The van der Waals surface area contributed by atoms with Crippen LogP contribution in [0.15, 0.2) is 71.6 Å². The Morgan fingerprint density at radius 1 is 0.907 bits per heavy atom. The molecule has 0 saturated heterocycles. The van der Waals surface area contributed by atoms with Gasteiger partial charge in [0.05, 0.1) is 10.6 Å². The van der Waals surface area contributed by atoms with Gasteiger partial charge in [0.2, 0.25) is 11.8 Å². The molecule has 0 heterocycles. The molecule has 1 fully saturated rings. The van der Waals surface area contributed by atoms with Crippen LogP contribution in [0.25, 0.3) is 0 Å². The number of nitrogens with one attached hydrogen (secondary N) is 1. The number of carbonyl (C=O) groups is 2. The largest absolute Gasteiger partial charge is 0.352 e. The minimum atomic E-state index is -4.14. The first-order valence-electron chi connectivity index (χ1n) is 14.7. The molecule has 1 atom stereocenters. The molecule has 7 nitrogen and oxygen atoms in total. The van der Waals surface area contributed by atoms with Crippen molar-refractivity contribution < 1.29 is 18.0 Å². The van der Waals surface area contributed by atoms with Gasteiger partial charge in [-0.2, -0.15) is 0 Å². The lowest BCUT2D eigenvalue weighted by molar-refractivity contribution is -0.140. The zero-order valence-electron chi connectivity index (χ0n) is 24.9. The second-order valence-electron chi connectivity index (χ2n) is 11.1. The van der Waals surface area contributed by atoms with Crippen LogP contribution in [0.4, 0.5) is 5.69 Å². The van der Waals surface area contributed by atoms with Crippen LogP contribution in [-0.2, 0) is 26.2 Å². The van der Waals surface area contributed by atoms with Gasteiger partial charge < -0.3 is 10.2 Å². The highest BCUT2D eigenvalue weighted by molar-refractivity contribution is 7.92. The Bertz CT molecular complexity index is 1520. The number of anilines is 1. The van der Waals surface area contributed by atoms with Crippen molar-refractivity contribution in [1.29, 1.82) is 0 Å². The lowest BCUT2D eigenvalue weighted by atomic mass is 9.95. The highest BCUT2D eigenvalue weighted by Gasteiger charge is 2.35. The van der Waals surface area contributed by atoms with Gasteiger partial charge in [-0.25, -0.2) is 8.42 Å². The number of carbonyl (C=O) groups excluding carboxylic acids is 2. The van der Waals surface area contributed by atoms with Crippen LogP contribution in [0.3, 0.4) is 0 Å². The molecular weight excluding hydrogens is 605 g/mol. The maximum absolute atomic E-state index is 14.3. The molecule has 43 heavy (non-hydrogen) atoms. The van der Waals surface area contributed by atoms with Crippen molar-refractivity contribution in [2.24, 2.45) is 0 Å². The van der Waals surface area contributed by atoms with Crippen molar-refractivity contribution in [3.05, 3.63) is 93.5 Å². The van der Waals surface area contributed by atoms with Crippen molar-refractivity contribution in [3.8, 4) is 0 Å². The maximum atomic E-state index is 14.3. The maximum Gasteiger partial charge on any atom is 0.264 e. The quantitative estimate of drug-likeness (QED) is 0.242. The molecular formula is C33H39Cl2N3O4S. The van der Waals surface area contributed by atoms with E-state index in [1.807, 2.05) is 26.8 Å². The summed E-state index contributed by atoms with van der Waals surface area (Å²) >= 11 is 13.0. The minimum Gasteiger partial charge on any atom is -0.352 e. The summed E-state index contributed by atoms with van der Waals surface area (Å²) in [5, 5.41) is 3.86. The summed E-state index contributed by atoms with van der Waals surface area (Å²) in [6, 6.07) is 17.5. The van der Waals surface area contributed by atoms with Gasteiger partial charge in [0.15, 0.2) is 0 Å². The third-order valence-electron chi connectivity index (χ3n) is 8.12. The Balaban J connectivity index is 1.75. The molecule has 1 N–H and O–H groups in total. The Morgan fingerprint density at radius 3 is 2.16 bits per heavy atom. The summed E-state index contributed by atoms with van der Waals surface area (Å²) in [7, 11) is -4.14. The van der Waals surface area contributed by atoms with E-state index >= 15 is 0 Å². The van der Waals surface area contributed by atoms with E-state index in [9.17, 15) is 18.0 Å². The van der Waals surface area contributed by atoms with Gasteiger partial charge >= 0.3 is 0 Å². The number of hydrogen-bond acceptors (Lipinski definition) is 4. The van der Waals surface area contributed by atoms with E-state index in [2.05, 4.69) is 5.32 Å². The molecule has 3 aromatic rings. The second-order valence-corrected chi connectivity index (χ2v) is 13.8. The van der Waals surface area contributed by atoms with Crippen molar-refractivity contribution in [2.75, 3.05) is 10.8 Å². The summed E-state index contributed by atoms with van der Waals surface area (Å²) in [5.41, 5.74) is 2.73. The fourth-order valence-corrected chi connectivity index (χ4v) is 7.39. The number of rotatable bonds is 11. The highest BCUT2D eigenvalue weighted by atomic mass is 35.5. The number of benzene rings is 3. The first kappa shape index (κ1) is 32.8. The smallest absolute Gasteiger partial charge is 0.264 e. The van der Waals surface area contributed by atoms with Gasteiger partial charge in [-0.15, -0.1) is 0 Å². The molecule has 0 radical (unpaired) electrons. The zero-order chi connectivity index (χ0) is 31.1. The van der Waals surface area contributed by atoms with E-state index in [0.717, 1.165) is 47.5 Å². The lowest BCUT2D eigenvalue weighted by Gasteiger charge is -2.35. The average Bonchev–Trinajstić information content (AvgIpc) is 2.99. The van der Waals surface area contributed by atoms with E-state index in [-0.39, 0.29) is 23.4 Å². The zero-order valence-corrected chi connectivity index (χ0v) is 27.2. The van der Waals surface area contributed by atoms with Gasteiger partial charge in [-0.3, -0.25) is 13.9 Å². The summed E-state index contributed by atoms with van der Waals surface area (Å²) in [6.45, 7) is 5.09. The number of amides is 2. The van der Waals surface area contributed by atoms with E-state index < -0.39 is 28.5 Å². The number of nitrogens with zero attached hydrogens (tertiary/aromatic N) is 2. The molecule has 230 valence electrons. The van der Waals surface area contributed by atoms with E-state index in [0.29, 0.717) is 27.7 Å². The first-order valence-corrected chi connectivity index (χ1v) is 16.9. The minimum absolute atomic E-state index is 0.0432. The second kappa shape index (κ2) is 14.6. The SMILES string of the molecule is CC[C@H](C(=O)NC1CCCCC1)N(Cc1c(Cl)cccc1Cl)C(=O)CN(c1ccc(C)c(C)c1)S(=O)(=O)c1ccccc1.